The number of benzene rings is 7. The zero-order valence-corrected chi connectivity index (χ0v) is 43.1. The van der Waals surface area contributed by atoms with Gasteiger partial charge in [-0.3, -0.25) is 0 Å². The number of nitrogens with zero attached hydrogens (tertiary/aromatic N) is 3. The Morgan fingerprint density at radius 1 is 0.623 bits per heavy atom. The van der Waals surface area contributed by atoms with Crippen molar-refractivity contribution in [3.05, 3.63) is 161 Å². The molecule has 69 heavy (non-hydrogen) atoms. The number of anilines is 7. The molecule has 3 nitrogen and oxygen atoms in total. The topological polar surface area (TPSA) is 9.72 Å². The molecule has 1 aromatic heterocycles. The van der Waals surface area contributed by atoms with E-state index in [9.17, 15) is 0 Å². The molecule has 2 aliphatic carbocycles. The summed E-state index contributed by atoms with van der Waals surface area (Å²) in [6.07, 6.45) is 10.8. The third kappa shape index (κ3) is 5.98. The SMILES string of the molecule is CCCCc1cc2c3c(c1)C1(C)CCCCC1(C)N3c1cc(N(c3ccccc3C)c3cc4c(cc3C)C(C)(C)CCC4(C)C)cc3c1B2N(c1ccccc1)c1c-3ccc2sc3ccccc3c12. The van der Waals surface area contributed by atoms with Gasteiger partial charge < -0.3 is 14.6 Å². The monoisotopic (exact) mass is 920 g/mol. The van der Waals surface area contributed by atoms with Crippen molar-refractivity contribution in [2.24, 2.45) is 0 Å². The van der Waals surface area contributed by atoms with Crippen LogP contribution in [0.25, 0.3) is 31.3 Å². The van der Waals surface area contributed by atoms with Gasteiger partial charge in [0, 0.05) is 71.0 Å². The number of para-hydroxylation sites is 2. The maximum Gasteiger partial charge on any atom is 0.333 e. The van der Waals surface area contributed by atoms with Crippen molar-refractivity contribution < 1.29 is 0 Å². The summed E-state index contributed by atoms with van der Waals surface area (Å²) in [7, 11) is 0. The Morgan fingerprint density at radius 2 is 1.35 bits per heavy atom. The second-order valence-electron chi connectivity index (χ2n) is 23.4. The lowest BCUT2D eigenvalue weighted by atomic mass is 9.43. The van der Waals surface area contributed by atoms with E-state index in [1.54, 1.807) is 5.56 Å². The van der Waals surface area contributed by atoms with E-state index in [-0.39, 0.29) is 28.6 Å². The minimum Gasteiger partial charge on any atom is -0.376 e. The van der Waals surface area contributed by atoms with Gasteiger partial charge in [0.1, 0.15) is 0 Å². The minimum absolute atomic E-state index is 0.00162. The molecule has 13 rings (SSSR count). The van der Waals surface area contributed by atoms with Crippen LogP contribution in [0, 0.1) is 13.8 Å². The van der Waals surface area contributed by atoms with Crippen LogP contribution in [-0.4, -0.2) is 12.4 Å². The molecule has 2 unspecified atom stereocenters. The van der Waals surface area contributed by atoms with Crippen molar-refractivity contribution in [2.75, 3.05) is 14.6 Å². The summed E-state index contributed by atoms with van der Waals surface area (Å²) < 4.78 is 2.69. The normalized spacial score (nSPS) is 21.2. The van der Waals surface area contributed by atoms with Crippen LogP contribution >= 0.6 is 11.3 Å². The molecule has 3 aliphatic heterocycles. The number of unbranched alkanes of at least 4 members (excludes halogenated alkanes) is 1. The number of hydrogen-bond acceptors (Lipinski definition) is 4. The Hall–Kier alpha value is -5.78. The summed E-state index contributed by atoms with van der Waals surface area (Å²) in [6.45, 7) is 22.2. The van der Waals surface area contributed by atoms with Gasteiger partial charge in [-0.25, -0.2) is 0 Å². The van der Waals surface area contributed by atoms with Gasteiger partial charge in [-0.1, -0.05) is 140 Å². The molecule has 4 heterocycles. The summed E-state index contributed by atoms with van der Waals surface area (Å²) in [5, 5.41) is 2.71. The third-order valence-corrected chi connectivity index (χ3v) is 19.6. The molecule has 0 saturated heterocycles. The first-order chi connectivity index (χ1) is 33.2. The predicted octanol–water partition coefficient (Wildman–Crippen LogP) is 16.8. The van der Waals surface area contributed by atoms with Crippen LogP contribution in [0.1, 0.15) is 133 Å². The summed E-state index contributed by atoms with van der Waals surface area (Å²) in [5.41, 5.74) is 23.6. The van der Waals surface area contributed by atoms with E-state index in [1.807, 2.05) is 11.3 Å². The van der Waals surface area contributed by atoms with Crippen molar-refractivity contribution in [3.63, 3.8) is 0 Å². The fourth-order valence-electron chi connectivity index (χ4n) is 14.3. The van der Waals surface area contributed by atoms with E-state index in [1.165, 1.54) is 161 Å². The van der Waals surface area contributed by atoms with Crippen molar-refractivity contribution in [2.45, 2.75) is 142 Å². The van der Waals surface area contributed by atoms with Gasteiger partial charge in [0.05, 0.1) is 5.54 Å². The molecule has 2 atom stereocenters. The number of aryl methyl sites for hydroxylation is 3. The first-order valence-corrected chi connectivity index (χ1v) is 27.0. The molecular weight excluding hydrogens is 854 g/mol. The van der Waals surface area contributed by atoms with E-state index in [0.29, 0.717) is 0 Å². The van der Waals surface area contributed by atoms with Gasteiger partial charge in [-0.15, -0.1) is 11.3 Å². The summed E-state index contributed by atoms with van der Waals surface area (Å²) in [6, 6.07) is 50.4. The molecule has 1 saturated carbocycles. The quantitative estimate of drug-likeness (QED) is 0.148. The second-order valence-corrected chi connectivity index (χ2v) is 24.5. The zero-order valence-electron chi connectivity index (χ0n) is 42.3. The zero-order chi connectivity index (χ0) is 47.4. The lowest BCUT2D eigenvalue weighted by molar-refractivity contribution is 0.195. The molecule has 346 valence electrons. The lowest BCUT2D eigenvalue weighted by Gasteiger charge is -2.53. The van der Waals surface area contributed by atoms with Gasteiger partial charge >= 0.3 is 6.85 Å². The Kier molecular flexibility index (Phi) is 9.48. The van der Waals surface area contributed by atoms with Gasteiger partial charge in [0.15, 0.2) is 0 Å². The van der Waals surface area contributed by atoms with Crippen molar-refractivity contribution in [3.8, 4) is 11.1 Å². The highest BCUT2D eigenvalue weighted by atomic mass is 32.1. The molecular formula is C64H66BN3S. The highest BCUT2D eigenvalue weighted by Crippen LogP contribution is 2.63. The Balaban J connectivity index is 1.19. The average Bonchev–Trinajstić information content (AvgIpc) is 3.83. The first-order valence-electron chi connectivity index (χ1n) is 26.2. The Labute approximate surface area is 415 Å². The van der Waals surface area contributed by atoms with E-state index in [4.69, 9.17) is 0 Å². The molecule has 8 aromatic rings. The summed E-state index contributed by atoms with van der Waals surface area (Å²) in [4.78, 5) is 8.40. The van der Waals surface area contributed by atoms with Crippen molar-refractivity contribution in [1.29, 1.82) is 0 Å². The van der Waals surface area contributed by atoms with Gasteiger partial charge in [0.2, 0.25) is 0 Å². The Morgan fingerprint density at radius 3 is 2.13 bits per heavy atom. The molecule has 0 N–H and O–H groups in total. The molecule has 0 radical (unpaired) electrons. The lowest BCUT2D eigenvalue weighted by Crippen LogP contribution is -2.64. The molecule has 5 heteroatoms. The molecule has 5 aliphatic rings. The molecule has 0 amide bonds. The summed E-state index contributed by atoms with van der Waals surface area (Å²) in [5.74, 6) is 0. The molecule has 7 aromatic carbocycles. The number of fused-ring (bicyclic) bond motifs is 12. The van der Waals surface area contributed by atoms with Gasteiger partial charge in [-0.05, 0) is 169 Å². The largest absolute Gasteiger partial charge is 0.376 e. The van der Waals surface area contributed by atoms with E-state index < -0.39 is 0 Å². The number of thiophene rings is 1. The maximum atomic E-state index is 2.94. The fourth-order valence-corrected chi connectivity index (χ4v) is 15.4. The van der Waals surface area contributed by atoms with Crippen LogP contribution in [0.3, 0.4) is 0 Å². The third-order valence-electron chi connectivity index (χ3n) is 18.4. The smallest absolute Gasteiger partial charge is 0.333 e. The second kappa shape index (κ2) is 15.1. The highest BCUT2D eigenvalue weighted by Gasteiger charge is 2.62. The van der Waals surface area contributed by atoms with Crippen LogP contribution in [0.2, 0.25) is 0 Å². The number of hydrogen-bond donors (Lipinski definition) is 0. The molecule has 0 bridgehead atoms. The molecule has 0 spiro atoms. The Bertz CT molecular complexity index is 3440. The van der Waals surface area contributed by atoms with Gasteiger partial charge in [0.25, 0.3) is 0 Å². The highest BCUT2D eigenvalue weighted by molar-refractivity contribution is 7.26. The first kappa shape index (κ1) is 43.3. The summed E-state index contributed by atoms with van der Waals surface area (Å²) >= 11 is 1.93. The predicted molar refractivity (Wildman–Crippen MR) is 299 cm³/mol. The van der Waals surface area contributed by atoms with Crippen LogP contribution in [0.15, 0.2) is 127 Å². The average molecular weight is 920 g/mol. The number of rotatable bonds is 7. The standard InChI is InChI=1S/C64H66BN3S/c1-10-11-22-42-35-50-60-51(36-42)65-58-47(45-28-29-56-57(46-25-16-18-27-55(46)69-56)59(45)68(65)43-23-13-12-14-24-43)37-44(38-54(58)67(60)64(9)31-20-19-30-63(50,64)8)66(52-26-17-15-21-40(52)2)53-39-49-48(34-41(53)3)61(4,5)32-33-62(49,6)7/h12-18,21,23-29,34-39H,10-11,19-20,22,30-33H2,1-9H3. The fraction of sp³-hybridized carbons (Fsp3) is 0.344. The van der Waals surface area contributed by atoms with E-state index in [2.05, 4.69) is 204 Å². The molecule has 1 fully saturated rings. The van der Waals surface area contributed by atoms with Gasteiger partial charge in [-0.2, -0.15) is 0 Å². The van der Waals surface area contributed by atoms with Crippen LogP contribution in [0.4, 0.5) is 39.8 Å². The van der Waals surface area contributed by atoms with E-state index >= 15 is 0 Å². The van der Waals surface area contributed by atoms with Crippen LogP contribution < -0.4 is 25.5 Å². The van der Waals surface area contributed by atoms with Crippen molar-refractivity contribution >= 4 is 89.1 Å². The maximum absolute atomic E-state index is 2.94. The minimum atomic E-state index is -0.0979. The van der Waals surface area contributed by atoms with Crippen molar-refractivity contribution in [1.82, 2.24) is 0 Å². The van der Waals surface area contributed by atoms with Crippen LogP contribution in [0.5, 0.6) is 0 Å². The van der Waals surface area contributed by atoms with Crippen LogP contribution in [-0.2, 0) is 22.7 Å². The van der Waals surface area contributed by atoms with E-state index in [0.717, 1.165) is 6.42 Å².